The van der Waals surface area contributed by atoms with Crippen LogP contribution in [0.5, 0.6) is 11.5 Å². The van der Waals surface area contributed by atoms with Gasteiger partial charge in [-0.15, -0.1) is 0 Å². The molecule has 1 fully saturated rings. The fourth-order valence-electron chi connectivity index (χ4n) is 2.73. The van der Waals surface area contributed by atoms with Crippen molar-refractivity contribution in [1.29, 1.82) is 0 Å². The number of imide groups is 1. The van der Waals surface area contributed by atoms with E-state index in [-0.39, 0.29) is 29.4 Å². The lowest BCUT2D eigenvalue weighted by Gasteiger charge is -2.14. The van der Waals surface area contributed by atoms with Crippen molar-refractivity contribution in [2.24, 2.45) is 0 Å². The van der Waals surface area contributed by atoms with E-state index < -0.39 is 27.5 Å². The maximum Gasteiger partial charge on any atom is 0.315 e. The summed E-state index contributed by atoms with van der Waals surface area (Å²) in [5, 5.41) is 21.3. The molecule has 1 heterocycles. The number of halogens is 2. The largest absolute Gasteiger partial charge is 0.500 e. The zero-order valence-corrected chi connectivity index (χ0v) is 17.8. The number of benzene rings is 2. The van der Waals surface area contributed by atoms with E-state index in [0.29, 0.717) is 27.4 Å². The summed E-state index contributed by atoms with van der Waals surface area (Å²) in [6, 6.07) is 7.29. The predicted molar refractivity (Wildman–Crippen MR) is 114 cm³/mol. The summed E-state index contributed by atoms with van der Waals surface area (Å²) < 4.78 is 5.22. The molecule has 156 valence electrons. The molecule has 1 saturated heterocycles. The summed E-state index contributed by atoms with van der Waals surface area (Å²) >= 11 is 12.9. The number of phenols is 1. The normalized spacial score (nSPS) is 15.2. The molecule has 2 aromatic rings. The maximum atomic E-state index is 12.8. The van der Waals surface area contributed by atoms with Gasteiger partial charge in [0.05, 0.1) is 23.0 Å². The number of ether oxygens (including phenoxy) is 1. The molecule has 0 unspecified atom stereocenters. The fraction of sp³-hybridized carbons (Fsp3) is 0.158. The average molecular weight is 469 g/mol. The summed E-state index contributed by atoms with van der Waals surface area (Å²) in [6.07, 6.45) is 1.33. The van der Waals surface area contributed by atoms with Crippen LogP contribution in [0.15, 0.2) is 35.2 Å². The van der Waals surface area contributed by atoms with Crippen LogP contribution < -0.4 is 4.74 Å². The van der Waals surface area contributed by atoms with Gasteiger partial charge in [-0.25, -0.2) is 0 Å². The highest BCUT2D eigenvalue weighted by Gasteiger charge is 2.36. The fourth-order valence-corrected chi connectivity index (χ4v) is 4.09. The van der Waals surface area contributed by atoms with E-state index in [0.717, 1.165) is 11.0 Å². The minimum Gasteiger partial charge on any atom is -0.500 e. The molecule has 0 aliphatic carbocycles. The molecule has 0 aromatic heterocycles. The summed E-state index contributed by atoms with van der Waals surface area (Å²) in [5.41, 5.74) is 0.0850. The van der Waals surface area contributed by atoms with Gasteiger partial charge in [0.15, 0.2) is 5.75 Å². The number of nitro groups is 1. The van der Waals surface area contributed by atoms with E-state index in [1.807, 2.05) is 0 Å². The number of nitrogens with zero attached hydrogens (tertiary/aromatic N) is 2. The minimum atomic E-state index is -0.764. The zero-order valence-electron chi connectivity index (χ0n) is 15.4. The third-order valence-electron chi connectivity index (χ3n) is 4.12. The molecular weight excluding hydrogens is 455 g/mol. The molecule has 0 spiro atoms. The second-order valence-electron chi connectivity index (χ2n) is 6.04. The molecule has 2 aromatic carbocycles. The number of amides is 2. The summed E-state index contributed by atoms with van der Waals surface area (Å²) in [7, 11) is 0. The third kappa shape index (κ3) is 4.38. The summed E-state index contributed by atoms with van der Waals surface area (Å²) in [6.45, 7) is 1.72. The minimum absolute atomic E-state index is 0.0608. The van der Waals surface area contributed by atoms with Crippen LogP contribution >= 0.6 is 35.0 Å². The number of thioether (sulfide) groups is 1. The zero-order chi connectivity index (χ0) is 22.0. The number of carbonyl (C=O) groups is 2. The van der Waals surface area contributed by atoms with Gasteiger partial charge in [-0.2, -0.15) is 0 Å². The van der Waals surface area contributed by atoms with Crippen molar-refractivity contribution in [2.75, 3.05) is 6.61 Å². The smallest absolute Gasteiger partial charge is 0.315 e. The Morgan fingerprint density at radius 1 is 1.27 bits per heavy atom. The molecule has 1 aliphatic rings. The first kappa shape index (κ1) is 21.9. The highest BCUT2D eigenvalue weighted by atomic mass is 35.5. The number of hydrogen-bond donors (Lipinski definition) is 1. The van der Waals surface area contributed by atoms with E-state index in [2.05, 4.69) is 0 Å². The van der Waals surface area contributed by atoms with Gasteiger partial charge < -0.3 is 9.84 Å². The Labute approximate surface area is 185 Å². The third-order valence-corrected chi connectivity index (χ3v) is 5.74. The highest BCUT2D eigenvalue weighted by Crippen LogP contribution is 2.40. The van der Waals surface area contributed by atoms with E-state index in [1.54, 1.807) is 25.1 Å². The lowest BCUT2D eigenvalue weighted by atomic mass is 10.1. The van der Waals surface area contributed by atoms with Crippen LogP contribution in [0.4, 0.5) is 10.5 Å². The van der Waals surface area contributed by atoms with Crippen LogP contribution in [0.2, 0.25) is 10.0 Å². The number of phenolic OH excluding ortho intramolecular Hbond substituents is 1. The number of aromatic hydroxyl groups is 1. The molecule has 11 heteroatoms. The number of carbonyl (C=O) groups excluding carboxylic acids is 2. The first-order valence-electron chi connectivity index (χ1n) is 8.55. The van der Waals surface area contributed by atoms with Crippen LogP contribution in [0, 0.1) is 10.1 Å². The van der Waals surface area contributed by atoms with Crippen molar-refractivity contribution in [3.05, 3.63) is 66.5 Å². The quantitative estimate of drug-likeness (QED) is 0.350. The highest BCUT2D eigenvalue weighted by molar-refractivity contribution is 8.18. The predicted octanol–water partition coefficient (Wildman–Crippen LogP) is 5.24. The second-order valence-corrected chi connectivity index (χ2v) is 7.85. The van der Waals surface area contributed by atoms with Gasteiger partial charge in [-0.3, -0.25) is 24.6 Å². The molecule has 30 heavy (non-hydrogen) atoms. The van der Waals surface area contributed by atoms with E-state index in [1.165, 1.54) is 12.1 Å². The number of rotatable bonds is 6. The molecule has 0 saturated carbocycles. The molecule has 3 rings (SSSR count). The Bertz CT molecular complexity index is 1070. The van der Waals surface area contributed by atoms with Gasteiger partial charge in [0.1, 0.15) is 0 Å². The van der Waals surface area contributed by atoms with Crippen molar-refractivity contribution >= 4 is 57.9 Å². The van der Waals surface area contributed by atoms with Gasteiger partial charge in [0, 0.05) is 21.7 Å². The van der Waals surface area contributed by atoms with E-state index in [4.69, 9.17) is 27.9 Å². The SMILES string of the molecule is CCOc1cc(/C=C2\SC(=O)N(Cc3c(Cl)cccc3Cl)C2=O)cc([N+](=O)[O-])c1O. The van der Waals surface area contributed by atoms with Crippen LogP contribution in [-0.2, 0) is 11.3 Å². The molecule has 0 radical (unpaired) electrons. The lowest BCUT2D eigenvalue weighted by Crippen LogP contribution is -2.27. The topological polar surface area (TPSA) is 110 Å². The molecule has 8 nitrogen and oxygen atoms in total. The van der Waals surface area contributed by atoms with E-state index in [9.17, 15) is 24.8 Å². The maximum absolute atomic E-state index is 12.8. The summed E-state index contributed by atoms with van der Waals surface area (Å²) in [4.78, 5) is 36.6. The Hall–Kier alpha value is -2.75. The van der Waals surface area contributed by atoms with Gasteiger partial charge >= 0.3 is 5.69 Å². The number of nitro benzene ring substituents is 1. The first-order chi connectivity index (χ1) is 14.2. The van der Waals surface area contributed by atoms with E-state index >= 15 is 0 Å². The van der Waals surface area contributed by atoms with Crippen molar-refractivity contribution in [3.8, 4) is 11.5 Å². The van der Waals surface area contributed by atoms with Crippen LogP contribution in [0.1, 0.15) is 18.1 Å². The van der Waals surface area contributed by atoms with Crippen molar-refractivity contribution < 1.29 is 24.4 Å². The monoisotopic (exact) mass is 468 g/mol. The standard InChI is InChI=1S/C19H14Cl2N2O6S/c1-2-29-15-7-10(6-14(17(15)24)23(27)28)8-16-18(25)22(19(26)30-16)9-11-12(20)4-3-5-13(11)21/h3-8,24H,2,9H2,1H3/b16-8-. The Morgan fingerprint density at radius 3 is 2.53 bits per heavy atom. The van der Waals surface area contributed by atoms with Gasteiger partial charge in [-0.1, -0.05) is 29.3 Å². The summed E-state index contributed by atoms with van der Waals surface area (Å²) in [5.74, 6) is -1.30. The molecule has 2 amide bonds. The van der Waals surface area contributed by atoms with Crippen LogP contribution in [0.25, 0.3) is 6.08 Å². The van der Waals surface area contributed by atoms with Crippen molar-refractivity contribution in [2.45, 2.75) is 13.5 Å². The Kier molecular flexibility index (Phi) is 6.55. The Balaban J connectivity index is 1.95. The molecule has 0 atom stereocenters. The average Bonchev–Trinajstić information content (AvgIpc) is 2.94. The molecular formula is C19H14Cl2N2O6S. The second kappa shape index (κ2) is 8.95. The van der Waals surface area contributed by atoms with Gasteiger partial charge in [0.25, 0.3) is 11.1 Å². The molecule has 1 N–H and O–H groups in total. The Morgan fingerprint density at radius 2 is 1.93 bits per heavy atom. The van der Waals surface area contributed by atoms with Gasteiger partial charge in [-0.05, 0) is 48.5 Å². The van der Waals surface area contributed by atoms with Crippen molar-refractivity contribution in [3.63, 3.8) is 0 Å². The molecule has 0 bridgehead atoms. The van der Waals surface area contributed by atoms with Gasteiger partial charge in [0.2, 0.25) is 5.75 Å². The first-order valence-corrected chi connectivity index (χ1v) is 10.1. The van der Waals surface area contributed by atoms with Crippen LogP contribution in [0.3, 0.4) is 0 Å². The number of hydrogen-bond acceptors (Lipinski definition) is 7. The van der Waals surface area contributed by atoms with Crippen LogP contribution in [-0.4, -0.2) is 32.7 Å². The molecule has 1 aliphatic heterocycles. The lowest BCUT2D eigenvalue weighted by molar-refractivity contribution is -0.386. The van der Waals surface area contributed by atoms with Crippen molar-refractivity contribution in [1.82, 2.24) is 4.90 Å².